The lowest BCUT2D eigenvalue weighted by atomic mass is 10.0. The molecule has 0 bridgehead atoms. The predicted molar refractivity (Wildman–Crippen MR) is 85.9 cm³/mol. The lowest BCUT2D eigenvalue weighted by Crippen LogP contribution is -2.38. The molecular weight excluding hydrogens is 264 g/mol. The summed E-state index contributed by atoms with van der Waals surface area (Å²) >= 11 is 0. The molecule has 1 heterocycles. The zero-order valence-corrected chi connectivity index (χ0v) is 14.2. The maximum Gasteiger partial charge on any atom is 0.225 e. The summed E-state index contributed by atoms with van der Waals surface area (Å²) in [6, 6.07) is 0.205. The number of unbranched alkanes of at least 4 members (excludes halogenated alkanes) is 1. The van der Waals surface area contributed by atoms with E-state index in [1.165, 1.54) is 6.42 Å². The Morgan fingerprint density at radius 2 is 2.00 bits per heavy atom. The monoisotopic (exact) mass is 296 g/mol. The van der Waals surface area contributed by atoms with E-state index in [4.69, 9.17) is 0 Å². The molecule has 0 spiro atoms. The van der Waals surface area contributed by atoms with Crippen molar-refractivity contribution in [2.45, 2.75) is 72.3 Å². The van der Waals surface area contributed by atoms with Crippen LogP contribution in [0.15, 0.2) is 0 Å². The first-order chi connectivity index (χ1) is 9.93. The summed E-state index contributed by atoms with van der Waals surface area (Å²) in [5, 5.41) is 3.07. The van der Waals surface area contributed by atoms with Gasteiger partial charge in [-0.25, -0.2) is 0 Å². The molecule has 0 aromatic carbocycles. The fourth-order valence-electron chi connectivity index (χ4n) is 2.78. The lowest BCUT2D eigenvalue weighted by molar-refractivity contribution is -0.129. The number of nitrogens with zero attached hydrogens (tertiary/aromatic N) is 1. The second kappa shape index (κ2) is 9.06. The van der Waals surface area contributed by atoms with Gasteiger partial charge in [0.1, 0.15) is 0 Å². The number of carbonyl (C=O) groups excluding carboxylic acids is 2. The zero-order valence-electron chi connectivity index (χ0n) is 14.2. The van der Waals surface area contributed by atoms with Crippen molar-refractivity contribution in [3.05, 3.63) is 0 Å². The number of rotatable bonds is 9. The summed E-state index contributed by atoms with van der Waals surface area (Å²) < 4.78 is 0. The molecule has 4 nitrogen and oxygen atoms in total. The molecule has 1 aliphatic rings. The molecule has 2 amide bonds. The van der Waals surface area contributed by atoms with Gasteiger partial charge in [-0.2, -0.15) is 0 Å². The van der Waals surface area contributed by atoms with Crippen molar-refractivity contribution < 1.29 is 9.59 Å². The minimum atomic E-state index is -0.151. The molecule has 0 aromatic rings. The minimum absolute atomic E-state index is 0.0550. The van der Waals surface area contributed by atoms with Crippen molar-refractivity contribution in [1.82, 2.24) is 10.2 Å². The molecule has 1 N–H and O–H groups in total. The Morgan fingerprint density at radius 3 is 2.62 bits per heavy atom. The lowest BCUT2D eigenvalue weighted by Gasteiger charge is -2.18. The van der Waals surface area contributed by atoms with Crippen LogP contribution >= 0.6 is 0 Å². The molecule has 0 aromatic heterocycles. The summed E-state index contributed by atoms with van der Waals surface area (Å²) in [5.41, 5.74) is 0. The third-order valence-electron chi connectivity index (χ3n) is 4.17. The molecule has 0 radical (unpaired) electrons. The number of likely N-dealkylation sites (tertiary alicyclic amines) is 1. The number of amides is 2. The van der Waals surface area contributed by atoms with Crippen molar-refractivity contribution in [3.63, 3.8) is 0 Å². The van der Waals surface area contributed by atoms with Gasteiger partial charge in [0.2, 0.25) is 11.8 Å². The van der Waals surface area contributed by atoms with Gasteiger partial charge in [0.25, 0.3) is 0 Å². The summed E-state index contributed by atoms with van der Waals surface area (Å²) in [5.74, 6) is 0.754. The third kappa shape index (κ3) is 6.49. The Balaban J connectivity index is 2.30. The maximum absolute atomic E-state index is 12.2. The van der Waals surface area contributed by atoms with E-state index in [0.717, 1.165) is 32.2 Å². The Hall–Kier alpha value is -1.06. The van der Waals surface area contributed by atoms with E-state index in [1.807, 2.05) is 4.90 Å². The van der Waals surface area contributed by atoms with E-state index in [-0.39, 0.29) is 23.8 Å². The number of hydrogen-bond acceptors (Lipinski definition) is 2. The van der Waals surface area contributed by atoms with E-state index in [2.05, 4.69) is 33.0 Å². The van der Waals surface area contributed by atoms with Crippen LogP contribution < -0.4 is 5.32 Å². The minimum Gasteiger partial charge on any atom is -0.353 e. The molecule has 4 heteroatoms. The fraction of sp³-hybridized carbons (Fsp3) is 0.882. The van der Waals surface area contributed by atoms with Gasteiger partial charge in [0.15, 0.2) is 0 Å². The van der Waals surface area contributed by atoms with Crippen LogP contribution in [0.3, 0.4) is 0 Å². The second-order valence-electron chi connectivity index (χ2n) is 6.83. The maximum atomic E-state index is 12.2. The van der Waals surface area contributed by atoms with Crippen LogP contribution in [0.4, 0.5) is 0 Å². The number of nitrogens with one attached hydrogen (secondary N) is 1. The van der Waals surface area contributed by atoms with E-state index in [9.17, 15) is 9.59 Å². The van der Waals surface area contributed by atoms with E-state index < -0.39 is 0 Å². The number of hydrogen-bond donors (Lipinski definition) is 1. The van der Waals surface area contributed by atoms with Crippen molar-refractivity contribution in [1.29, 1.82) is 0 Å². The Bertz CT molecular complexity index is 342. The molecule has 122 valence electrons. The highest BCUT2D eigenvalue weighted by molar-refractivity contribution is 5.89. The second-order valence-corrected chi connectivity index (χ2v) is 6.83. The molecule has 2 atom stereocenters. The molecular formula is C17H32N2O2. The van der Waals surface area contributed by atoms with Gasteiger partial charge >= 0.3 is 0 Å². The van der Waals surface area contributed by atoms with Gasteiger partial charge in [-0.05, 0) is 25.7 Å². The van der Waals surface area contributed by atoms with Crippen LogP contribution in [0.25, 0.3) is 0 Å². The molecule has 1 fully saturated rings. The van der Waals surface area contributed by atoms with Gasteiger partial charge in [0, 0.05) is 25.6 Å². The first-order valence-corrected chi connectivity index (χ1v) is 8.52. The first-order valence-electron chi connectivity index (χ1n) is 8.52. The summed E-state index contributed by atoms with van der Waals surface area (Å²) in [7, 11) is 0. The molecule has 0 unspecified atom stereocenters. The molecule has 0 aliphatic carbocycles. The van der Waals surface area contributed by atoms with Crippen LogP contribution in [-0.2, 0) is 9.59 Å². The largest absolute Gasteiger partial charge is 0.353 e. The van der Waals surface area contributed by atoms with Crippen molar-refractivity contribution >= 4 is 11.8 Å². The van der Waals surface area contributed by atoms with Gasteiger partial charge in [-0.1, -0.05) is 40.0 Å². The van der Waals surface area contributed by atoms with Crippen LogP contribution in [0.5, 0.6) is 0 Å². The highest BCUT2D eigenvalue weighted by atomic mass is 16.2. The van der Waals surface area contributed by atoms with Crippen molar-refractivity contribution in [2.75, 3.05) is 13.1 Å². The van der Waals surface area contributed by atoms with Gasteiger partial charge < -0.3 is 10.2 Å². The first kappa shape index (κ1) is 18.0. The van der Waals surface area contributed by atoms with Crippen LogP contribution in [0.2, 0.25) is 0 Å². The van der Waals surface area contributed by atoms with Crippen LogP contribution in [0, 0.1) is 11.8 Å². The zero-order chi connectivity index (χ0) is 15.8. The topological polar surface area (TPSA) is 49.4 Å². The number of carbonyl (C=O) groups is 2. The Morgan fingerprint density at radius 1 is 1.29 bits per heavy atom. The van der Waals surface area contributed by atoms with Crippen molar-refractivity contribution in [2.24, 2.45) is 11.8 Å². The fourth-order valence-corrected chi connectivity index (χ4v) is 2.78. The summed E-state index contributed by atoms with van der Waals surface area (Å²) in [4.78, 5) is 25.9. The smallest absolute Gasteiger partial charge is 0.225 e. The van der Waals surface area contributed by atoms with Gasteiger partial charge in [-0.15, -0.1) is 0 Å². The Kier molecular flexibility index (Phi) is 7.76. The highest BCUT2D eigenvalue weighted by Gasteiger charge is 2.34. The van der Waals surface area contributed by atoms with Crippen LogP contribution in [-0.4, -0.2) is 35.8 Å². The van der Waals surface area contributed by atoms with Gasteiger partial charge in [0.05, 0.1) is 5.92 Å². The average molecular weight is 296 g/mol. The summed E-state index contributed by atoms with van der Waals surface area (Å²) in [6.07, 6.45) is 5.84. The molecule has 1 rings (SSSR count). The molecule has 1 aliphatic heterocycles. The normalized spacial score (nSPS) is 20.1. The molecule has 1 saturated heterocycles. The molecule has 0 saturated carbocycles. The van der Waals surface area contributed by atoms with Crippen molar-refractivity contribution in [3.8, 4) is 0 Å². The SMILES string of the molecule is CCCCN1C[C@@H](C(=O)N[C@H](C)CCCC(C)C)CC1=O. The van der Waals surface area contributed by atoms with E-state index in [0.29, 0.717) is 18.9 Å². The molecule has 21 heavy (non-hydrogen) atoms. The third-order valence-corrected chi connectivity index (χ3v) is 4.17. The summed E-state index contributed by atoms with van der Waals surface area (Å²) in [6.45, 7) is 10.0. The predicted octanol–water partition coefficient (Wildman–Crippen LogP) is 2.97. The van der Waals surface area contributed by atoms with Gasteiger partial charge in [-0.3, -0.25) is 9.59 Å². The quantitative estimate of drug-likeness (QED) is 0.711. The average Bonchev–Trinajstić information content (AvgIpc) is 2.77. The highest BCUT2D eigenvalue weighted by Crippen LogP contribution is 2.19. The standard InChI is InChI=1S/C17H32N2O2/c1-5-6-10-19-12-15(11-16(19)20)17(21)18-14(4)9-7-8-13(2)3/h13-15H,5-12H2,1-4H3,(H,18,21)/t14-,15+/m1/s1. The van der Waals surface area contributed by atoms with Crippen LogP contribution in [0.1, 0.15) is 66.2 Å². The Labute approximate surface area is 129 Å². The van der Waals surface area contributed by atoms with E-state index >= 15 is 0 Å². The van der Waals surface area contributed by atoms with E-state index in [1.54, 1.807) is 0 Å².